The second kappa shape index (κ2) is 5.92. The van der Waals surface area contributed by atoms with E-state index in [-0.39, 0.29) is 0 Å². The molecule has 2 fully saturated rings. The summed E-state index contributed by atoms with van der Waals surface area (Å²) >= 11 is 3.65. The molecular weight excluding hydrogens is 318 g/mol. The molecule has 1 aromatic rings. The molecule has 2 N–H and O–H groups in total. The lowest BCUT2D eigenvalue weighted by Gasteiger charge is -2.32. The Kier molecular flexibility index (Phi) is 4.19. The van der Waals surface area contributed by atoms with E-state index in [4.69, 9.17) is 10.5 Å². The monoisotopic (exact) mass is 339 g/mol. The molecule has 2 saturated heterocycles. The third kappa shape index (κ3) is 2.80. The first-order chi connectivity index (χ1) is 9.65. The van der Waals surface area contributed by atoms with Crippen molar-refractivity contribution in [2.24, 2.45) is 0 Å². The van der Waals surface area contributed by atoms with Crippen LogP contribution in [0, 0.1) is 6.92 Å². The smallest absolute Gasteiger partial charge is 0.0594 e. The van der Waals surface area contributed by atoms with Crippen molar-refractivity contribution in [3.63, 3.8) is 0 Å². The van der Waals surface area contributed by atoms with Crippen LogP contribution in [-0.4, -0.2) is 50.3 Å². The highest BCUT2D eigenvalue weighted by molar-refractivity contribution is 9.10. The number of hydrogen-bond donors (Lipinski definition) is 1. The zero-order valence-electron chi connectivity index (χ0n) is 11.9. The van der Waals surface area contributed by atoms with Crippen LogP contribution in [0.15, 0.2) is 16.6 Å². The molecular formula is C15H22BrN3O. The topological polar surface area (TPSA) is 41.7 Å². The standard InChI is InChI=1S/C15H22BrN3O/c1-11-8-15(13(16)9-14(11)17)19-3-2-12(10-19)18-4-6-20-7-5-18/h8-9,12H,2-7,10,17H2,1H3. The van der Waals surface area contributed by atoms with Crippen molar-refractivity contribution >= 4 is 27.3 Å². The summed E-state index contributed by atoms with van der Waals surface area (Å²) in [5.74, 6) is 0. The molecule has 2 aliphatic heterocycles. The van der Waals surface area contributed by atoms with Crippen LogP contribution in [0.1, 0.15) is 12.0 Å². The Morgan fingerprint density at radius 3 is 2.75 bits per heavy atom. The van der Waals surface area contributed by atoms with Gasteiger partial charge in [0, 0.05) is 42.4 Å². The van der Waals surface area contributed by atoms with Gasteiger partial charge in [0.05, 0.1) is 18.9 Å². The molecule has 0 radical (unpaired) electrons. The minimum absolute atomic E-state index is 0.656. The largest absolute Gasteiger partial charge is 0.398 e. The predicted octanol–water partition coefficient (Wildman–Crippen LogP) is 2.25. The Balaban J connectivity index is 1.72. The number of hydrogen-bond acceptors (Lipinski definition) is 4. The lowest BCUT2D eigenvalue weighted by atomic mass is 10.1. The number of nitrogen functional groups attached to an aromatic ring is 1. The van der Waals surface area contributed by atoms with Gasteiger partial charge in [-0.25, -0.2) is 0 Å². The zero-order chi connectivity index (χ0) is 14.1. The third-order valence-electron chi connectivity index (χ3n) is 4.40. The molecule has 2 aliphatic rings. The molecule has 4 nitrogen and oxygen atoms in total. The van der Waals surface area contributed by atoms with Crippen LogP contribution in [0.25, 0.3) is 0 Å². The number of anilines is 2. The molecule has 3 rings (SSSR count). The molecule has 0 saturated carbocycles. The van der Waals surface area contributed by atoms with E-state index in [1.54, 1.807) is 0 Å². The second-order valence-electron chi connectivity index (χ2n) is 5.70. The number of benzene rings is 1. The highest BCUT2D eigenvalue weighted by Crippen LogP contribution is 2.33. The van der Waals surface area contributed by atoms with E-state index in [1.807, 2.05) is 6.07 Å². The number of nitrogens with two attached hydrogens (primary N) is 1. The molecule has 0 bridgehead atoms. The maximum absolute atomic E-state index is 5.96. The van der Waals surface area contributed by atoms with Crippen LogP contribution >= 0.6 is 15.9 Å². The van der Waals surface area contributed by atoms with Gasteiger partial charge in [-0.15, -0.1) is 0 Å². The molecule has 0 aliphatic carbocycles. The summed E-state index contributed by atoms with van der Waals surface area (Å²) in [7, 11) is 0. The Morgan fingerprint density at radius 1 is 1.25 bits per heavy atom. The van der Waals surface area contributed by atoms with Gasteiger partial charge in [0.2, 0.25) is 0 Å². The van der Waals surface area contributed by atoms with Crippen LogP contribution in [0.2, 0.25) is 0 Å². The average Bonchev–Trinajstić information content (AvgIpc) is 2.93. The first-order valence-corrected chi connectivity index (χ1v) is 8.07. The molecule has 0 spiro atoms. The molecule has 0 aromatic heterocycles. The fourth-order valence-corrected chi connectivity index (χ4v) is 3.74. The summed E-state index contributed by atoms with van der Waals surface area (Å²) in [6.07, 6.45) is 1.23. The normalized spacial score (nSPS) is 24.3. The highest BCUT2D eigenvalue weighted by Gasteiger charge is 2.29. The van der Waals surface area contributed by atoms with Gasteiger partial charge >= 0.3 is 0 Å². The molecule has 1 atom stereocenters. The van der Waals surface area contributed by atoms with Gasteiger partial charge in [-0.2, -0.15) is 0 Å². The number of halogens is 1. The van der Waals surface area contributed by atoms with Crippen molar-refractivity contribution in [1.29, 1.82) is 0 Å². The van der Waals surface area contributed by atoms with E-state index in [0.717, 1.165) is 55.1 Å². The van der Waals surface area contributed by atoms with Crippen molar-refractivity contribution < 1.29 is 4.74 Å². The van der Waals surface area contributed by atoms with Gasteiger partial charge in [-0.1, -0.05) is 0 Å². The van der Waals surface area contributed by atoms with Crippen molar-refractivity contribution in [2.75, 3.05) is 50.0 Å². The second-order valence-corrected chi connectivity index (χ2v) is 6.55. The maximum Gasteiger partial charge on any atom is 0.0594 e. The lowest BCUT2D eigenvalue weighted by molar-refractivity contribution is 0.0209. The molecule has 0 amide bonds. The number of morpholine rings is 1. The molecule has 1 aromatic carbocycles. The van der Waals surface area contributed by atoms with Gasteiger partial charge in [-0.05, 0) is 47.0 Å². The first-order valence-electron chi connectivity index (χ1n) is 7.27. The molecule has 5 heteroatoms. The third-order valence-corrected chi connectivity index (χ3v) is 5.04. The fraction of sp³-hybridized carbons (Fsp3) is 0.600. The van der Waals surface area contributed by atoms with Gasteiger partial charge in [0.1, 0.15) is 0 Å². The Hall–Kier alpha value is -0.780. The molecule has 1 unspecified atom stereocenters. The SMILES string of the molecule is Cc1cc(N2CCC(N3CCOCC3)C2)c(Br)cc1N. The van der Waals surface area contributed by atoms with Crippen LogP contribution in [0.5, 0.6) is 0 Å². The van der Waals surface area contributed by atoms with Crippen molar-refractivity contribution in [3.8, 4) is 0 Å². The lowest BCUT2D eigenvalue weighted by Crippen LogP contribution is -2.44. The summed E-state index contributed by atoms with van der Waals surface area (Å²) in [5.41, 5.74) is 9.23. The number of nitrogens with zero attached hydrogens (tertiary/aromatic N) is 2. The summed E-state index contributed by atoms with van der Waals surface area (Å²) < 4.78 is 6.54. The Labute approximate surface area is 129 Å². The Bertz CT molecular complexity index is 488. The molecule has 110 valence electrons. The van der Waals surface area contributed by atoms with E-state index in [1.165, 1.54) is 12.1 Å². The van der Waals surface area contributed by atoms with E-state index < -0.39 is 0 Å². The summed E-state index contributed by atoms with van der Waals surface area (Å²) in [6.45, 7) is 8.18. The highest BCUT2D eigenvalue weighted by atomic mass is 79.9. The zero-order valence-corrected chi connectivity index (χ0v) is 13.5. The fourth-order valence-electron chi connectivity index (χ4n) is 3.13. The van der Waals surface area contributed by atoms with Crippen LogP contribution in [0.4, 0.5) is 11.4 Å². The van der Waals surface area contributed by atoms with Crippen molar-refractivity contribution in [1.82, 2.24) is 4.90 Å². The molecule has 2 heterocycles. The molecule has 20 heavy (non-hydrogen) atoms. The van der Waals surface area contributed by atoms with E-state index in [9.17, 15) is 0 Å². The van der Waals surface area contributed by atoms with Gasteiger partial charge < -0.3 is 15.4 Å². The summed E-state index contributed by atoms with van der Waals surface area (Å²) in [4.78, 5) is 5.04. The summed E-state index contributed by atoms with van der Waals surface area (Å²) in [5, 5.41) is 0. The Morgan fingerprint density at radius 2 is 2.00 bits per heavy atom. The van der Waals surface area contributed by atoms with Gasteiger partial charge in [0.15, 0.2) is 0 Å². The van der Waals surface area contributed by atoms with E-state index in [2.05, 4.69) is 38.7 Å². The van der Waals surface area contributed by atoms with E-state index >= 15 is 0 Å². The maximum atomic E-state index is 5.96. The summed E-state index contributed by atoms with van der Waals surface area (Å²) in [6, 6.07) is 4.87. The van der Waals surface area contributed by atoms with Gasteiger partial charge in [0.25, 0.3) is 0 Å². The quantitative estimate of drug-likeness (QED) is 0.839. The van der Waals surface area contributed by atoms with E-state index in [0.29, 0.717) is 6.04 Å². The van der Waals surface area contributed by atoms with Crippen molar-refractivity contribution in [3.05, 3.63) is 22.2 Å². The number of rotatable bonds is 2. The number of ether oxygens (including phenoxy) is 1. The van der Waals surface area contributed by atoms with Crippen LogP contribution in [0.3, 0.4) is 0 Å². The first kappa shape index (κ1) is 14.2. The average molecular weight is 340 g/mol. The number of aryl methyl sites for hydroxylation is 1. The van der Waals surface area contributed by atoms with Gasteiger partial charge in [-0.3, -0.25) is 4.90 Å². The minimum Gasteiger partial charge on any atom is -0.398 e. The predicted molar refractivity (Wildman–Crippen MR) is 86.3 cm³/mol. The van der Waals surface area contributed by atoms with Crippen molar-refractivity contribution in [2.45, 2.75) is 19.4 Å². The van der Waals surface area contributed by atoms with Crippen LogP contribution < -0.4 is 10.6 Å². The minimum atomic E-state index is 0.656. The van der Waals surface area contributed by atoms with Crippen LogP contribution in [-0.2, 0) is 4.74 Å².